The number of fused-ring (bicyclic) bond motifs is 1. The third-order valence-electron chi connectivity index (χ3n) is 3.05. The minimum absolute atomic E-state index is 0. The number of hydrogen-bond donors (Lipinski definition) is 1. The van der Waals surface area contributed by atoms with E-state index in [-0.39, 0.29) is 12.4 Å². The molecule has 0 radical (unpaired) electrons. The second-order valence-electron chi connectivity index (χ2n) is 4.30. The number of primary amides is 1. The molecule has 100 valence electrons. The van der Waals surface area contributed by atoms with Crippen LogP contribution in [0.5, 0.6) is 0 Å². The van der Waals surface area contributed by atoms with Crippen molar-refractivity contribution in [3.8, 4) is 11.3 Å². The number of pyridine rings is 1. The first kappa shape index (κ1) is 14.0. The van der Waals surface area contributed by atoms with E-state index in [1.807, 2.05) is 54.6 Å². The number of nitrogens with zero attached hydrogens (tertiary/aromatic N) is 1. The topological polar surface area (TPSA) is 56.0 Å². The molecule has 0 bridgehead atoms. The molecule has 0 spiro atoms. The average Bonchev–Trinajstić information content (AvgIpc) is 2.47. The Hall–Kier alpha value is -2.39. The molecule has 1 amide bonds. The Morgan fingerprint density at radius 1 is 0.950 bits per heavy atom. The molecule has 1 heterocycles. The summed E-state index contributed by atoms with van der Waals surface area (Å²) in [7, 11) is 0. The maximum atomic E-state index is 11.6. The minimum Gasteiger partial charge on any atom is -0.366 e. The van der Waals surface area contributed by atoms with E-state index < -0.39 is 5.91 Å². The molecule has 4 heteroatoms. The summed E-state index contributed by atoms with van der Waals surface area (Å²) in [6.07, 6.45) is 0. The van der Waals surface area contributed by atoms with Crippen LogP contribution in [0.15, 0.2) is 60.7 Å². The standard InChI is InChI=1S/C16H12N2O.ClH/c17-16(19)13-10-15(11-6-2-1-3-7-11)18-14-9-5-4-8-12(13)14;/h1-10H,(H2,17,19);1H. The van der Waals surface area contributed by atoms with E-state index in [1.54, 1.807) is 6.07 Å². The van der Waals surface area contributed by atoms with Crippen molar-refractivity contribution in [3.63, 3.8) is 0 Å². The zero-order valence-corrected chi connectivity index (χ0v) is 11.4. The monoisotopic (exact) mass is 284 g/mol. The number of amides is 1. The molecule has 0 fully saturated rings. The van der Waals surface area contributed by atoms with Gasteiger partial charge in [-0.2, -0.15) is 0 Å². The van der Waals surface area contributed by atoms with Gasteiger partial charge in [-0.25, -0.2) is 4.98 Å². The molecule has 20 heavy (non-hydrogen) atoms. The molecule has 0 atom stereocenters. The first-order chi connectivity index (χ1) is 9.25. The Kier molecular flexibility index (Phi) is 4.01. The quantitative estimate of drug-likeness (QED) is 0.784. The van der Waals surface area contributed by atoms with E-state index in [1.165, 1.54) is 0 Å². The number of carbonyl (C=O) groups is 1. The highest BCUT2D eigenvalue weighted by molar-refractivity contribution is 6.06. The Morgan fingerprint density at radius 2 is 1.60 bits per heavy atom. The van der Waals surface area contributed by atoms with Crippen LogP contribution in [0, 0.1) is 0 Å². The Labute approximate surface area is 122 Å². The van der Waals surface area contributed by atoms with Gasteiger partial charge >= 0.3 is 0 Å². The lowest BCUT2D eigenvalue weighted by Gasteiger charge is -2.07. The lowest BCUT2D eigenvalue weighted by molar-refractivity contribution is 0.100. The minimum atomic E-state index is -0.434. The fourth-order valence-electron chi connectivity index (χ4n) is 2.14. The maximum Gasteiger partial charge on any atom is 0.249 e. The maximum absolute atomic E-state index is 11.6. The molecule has 2 aromatic carbocycles. The molecule has 2 N–H and O–H groups in total. The Bertz CT molecular complexity index is 757. The lowest BCUT2D eigenvalue weighted by Crippen LogP contribution is -2.12. The predicted molar refractivity (Wildman–Crippen MR) is 82.9 cm³/mol. The van der Waals surface area contributed by atoms with Crippen molar-refractivity contribution < 1.29 is 4.79 Å². The molecule has 0 aliphatic rings. The number of benzene rings is 2. The largest absolute Gasteiger partial charge is 0.366 e. The van der Waals surface area contributed by atoms with Crippen molar-refractivity contribution in [2.24, 2.45) is 5.73 Å². The summed E-state index contributed by atoms with van der Waals surface area (Å²) in [4.78, 5) is 16.2. The summed E-state index contributed by atoms with van der Waals surface area (Å²) in [6, 6.07) is 19.0. The van der Waals surface area contributed by atoms with Gasteiger partial charge in [-0.1, -0.05) is 48.5 Å². The fourth-order valence-corrected chi connectivity index (χ4v) is 2.14. The van der Waals surface area contributed by atoms with Crippen molar-refractivity contribution in [1.82, 2.24) is 4.98 Å². The van der Waals surface area contributed by atoms with Crippen molar-refractivity contribution in [2.75, 3.05) is 0 Å². The van der Waals surface area contributed by atoms with Gasteiger partial charge < -0.3 is 5.73 Å². The average molecular weight is 285 g/mol. The number of nitrogens with two attached hydrogens (primary N) is 1. The summed E-state index contributed by atoms with van der Waals surface area (Å²) in [5.41, 5.74) is 8.47. The third kappa shape index (κ3) is 2.49. The molecular formula is C16H13ClN2O. The van der Waals surface area contributed by atoms with Crippen molar-refractivity contribution in [1.29, 1.82) is 0 Å². The smallest absolute Gasteiger partial charge is 0.249 e. The van der Waals surface area contributed by atoms with Gasteiger partial charge in [0.1, 0.15) is 0 Å². The summed E-state index contributed by atoms with van der Waals surface area (Å²) in [5, 5.41) is 0.787. The van der Waals surface area contributed by atoms with E-state index in [0.29, 0.717) is 5.56 Å². The Morgan fingerprint density at radius 3 is 2.30 bits per heavy atom. The molecule has 0 aliphatic heterocycles. The first-order valence-corrected chi connectivity index (χ1v) is 6.01. The molecule has 0 saturated heterocycles. The van der Waals surface area contributed by atoms with Gasteiger partial charge in [0.25, 0.3) is 0 Å². The zero-order chi connectivity index (χ0) is 13.2. The second kappa shape index (κ2) is 5.72. The van der Waals surface area contributed by atoms with Gasteiger partial charge in [0.15, 0.2) is 0 Å². The van der Waals surface area contributed by atoms with Crippen molar-refractivity contribution in [3.05, 3.63) is 66.2 Å². The van der Waals surface area contributed by atoms with Crippen LogP contribution in [0.3, 0.4) is 0 Å². The molecule has 3 nitrogen and oxygen atoms in total. The van der Waals surface area contributed by atoms with E-state index in [0.717, 1.165) is 22.2 Å². The van der Waals surface area contributed by atoms with Crippen LogP contribution in [0.2, 0.25) is 0 Å². The van der Waals surface area contributed by atoms with Gasteiger partial charge in [-0.05, 0) is 12.1 Å². The highest BCUT2D eigenvalue weighted by atomic mass is 35.5. The number of carbonyl (C=O) groups excluding carboxylic acids is 1. The van der Waals surface area contributed by atoms with Crippen LogP contribution in [0.25, 0.3) is 22.2 Å². The molecule has 0 aliphatic carbocycles. The molecule has 0 saturated carbocycles. The summed E-state index contributed by atoms with van der Waals surface area (Å²) in [5.74, 6) is -0.434. The number of para-hydroxylation sites is 1. The summed E-state index contributed by atoms with van der Waals surface area (Å²) >= 11 is 0. The molecule has 1 aromatic heterocycles. The number of hydrogen-bond acceptors (Lipinski definition) is 2. The third-order valence-corrected chi connectivity index (χ3v) is 3.05. The second-order valence-corrected chi connectivity index (χ2v) is 4.30. The lowest BCUT2D eigenvalue weighted by atomic mass is 10.0. The van der Waals surface area contributed by atoms with Gasteiger partial charge in [0.2, 0.25) is 5.91 Å². The van der Waals surface area contributed by atoms with Gasteiger partial charge in [-0.15, -0.1) is 12.4 Å². The van der Waals surface area contributed by atoms with Crippen molar-refractivity contribution in [2.45, 2.75) is 0 Å². The highest BCUT2D eigenvalue weighted by Gasteiger charge is 2.10. The molecule has 3 aromatic rings. The van der Waals surface area contributed by atoms with Crippen LogP contribution in [-0.2, 0) is 0 Å². The molecule has 3 rings (SSSR count). The van der Waals surface area contributed by atoms with Crippen LogP contribution in [0.4, 0.5) is 0 Å². The van der Waals surface area contributed by atoms with Gasteiger partial charge in [-0.3, -0.25) is 4.79 Å². The van der Waals surface area contributed by atoms with Crippen molar-refractivity contribution >= 4 is 29.2 Å². The number of rotatable bonds is 2. The molecule has 0 unspecified atom stereocenters. The van der Waals surface area contributed by atoms with E-state index >= 15 is 0 Å². The van der Waals surface area contributed by atoms with Gasteiger partial charge in [0.05, 0.1) is 16.8 Å². The summed E-state index contributed by atoms with van der Waals surface area (Å²) in [6.45, 7) is 0. The highest BCUT2D eigenvalue weighted by Crippen LogP contribution is 2.24. The predicted octanol–water partition coefficient (Wildman–Crippen LogP) is 3.42. The SMILES string of the molecule is Cl.NC(=O)c1cc(-c2ccccc2)nc2ccccc12. The van der Waals surface area contributed by atoms with Crippen LogP contribution >= 0.6 is 12.4 Å². The first-order valence-electron chi connectivity index (χ1n) is 6.01. The Balaban J connectivity index is 0.00000147. The van der Waals surface area contributed by atoms with E-state index in [4.69, 9.17) is 5.73 Å². The van der Waals surface area contributed by atoms with Crippen LogP contribution in [-0.4, -0.2) is 10.9 Å². The van der Waals surface area contributed by atoms with E-state index in [9.17, 15) is 4.79 Å². The normalized spacial score (nSPS) is 10.0. The fraction of sp³-hybridized carbons (Fsp3) is 0. The van der Waals surface area contributed by atoms with Crippen LogP contribution in [0.1, 0.15) is 10.4 Å². The zero-order valence-electron chi connectivity index (χ0n) is 10.6. The summed E-state index contributed by atoms with van der Waals surface area (Å²) < 4.78 is 0. The van der Waals surface area contributed by atoms with Gasteiger partial charge in [0, 0.05) is 10.9 Å². The number of halogens is 1. The molecular weight excluding hydrogens is 272 g/mol. The van der Waals surface area contributed by atoms with Crippen LogP contribution < -0.4 is 5.73 Å². The van der Waals surface area contributed by atoms with E-state index in [2.05, 4.69) is 4.98 Å². The number of aromatic nitrogens is 1.